The molecular formula is C14H17ClN2O. The van der Waals surface area contributed by atoms with E-state index in [0.29, 0.717) is 11.6 Å². The molecule has 1 atom stereocenters. The predicted octanol–water partition coefficient (Wildman–Crippen LogP) is 3.33. The van der Waals surface area contributed by atoms with Crippen LogP contribution >= 0.6 is 11.6 Å². The molecule has 0 N–H and O–H groups in total. The number of hydrogen-bond acceptors (Lipinski definition) is 2. The maximum atomic E-state index is 12.2. The second-order valence-corrected chi connectivity index (χ2v) is 5.36. The summed E-state index contributed by atoms with van der Waals surface area (Å²) in [4.78, 5) is 12.2. The lowest BCUT2D eigenvalue weighted by Gasteiger charge is -2.17. The summed E-state index contributed by atoms with van der Waals surface area (Å²) in [6, 6.07) is 7.54. The molecule has 4 heteroatoms. The fraction of sp³-hybridized carbons (Fsp3) is 0.429. The molecule has 0 saturated carbocycles. The third kappa shape index (κ3) is 2.41. The first-order valence-corrected chi connectivity index (χ1v) is 6.48. The van der Waals surface area contributed by atoms with E-state index in [4.69, 9.17) is 11.6 Å². The highest BCUT2D eigenvalue weighted by Gasteiger charge is 2.35. The van der Waals surface area contributed by atoms with Gasteiger partial charge in [0.15, 0.2) is 0 Å². The molecule has 0 bridgehead atoms. The standard InChI is InChI=1S/C14H17ClN2O/c1-9(2)13-10(3)16-17(14(13)18)8-11-6-4-5-7-12(11)15/h4-7,9,13H,8H2,1-3H3. The molecule has 1 amide bonds. The fourth-order valence-corrected chi connectivity index (χ4v) is 2.51. The molecule has 1 aliphatic heterocycles. The number of carbonyl (C=O) groups excluding carboxylic acids is 1. The van der Waals surface area contributed by atoms with Crippen molar-refractivity contribution in [2.45, 2.75) is 27.3 Å². The van der Waals surface area contributed by atoms with Gasteiger partial charge in [-0.05, 0) is 24.5 Å². The van der Waals surface area contributed by atoms with Crippen LogP contribution in [0.4, 0.5) is 0 Å². The Morgan fingerprint density at radius 2 is 2.06 bits per heavy atom. The number of hydrazone groups is 1. The Hall–Kier alpha value is -1.35. The number of amides is 1. The molecule has 1 unspecified atom stereocenters. The Balaban J connectivity index is 2.18. The van der Waals surface area contributed by atoms with Crippen LogP contribution in [0.5, 0.6) is 0 Å². The summed E-state index contributed by atoms with van der Waals surface area (Å²) in [5, 5.41) is 6.55. The van der Waals surface area contributed by atoms with Crippen LogP contribution < -0.4 is 0 Å². The van der Waals surface area contributed by atoms with Gasteiger partial charge in [-0.2, -0.15) is 5.10 Å². The zero-order chi connectivity index (χ0) is 13.3. The van der Waals surface area contributed by atoms with Gasteiger partial charge in [-0.25, -0.2) is 5.01 Å². The molecule has 18 heavy (non-hydrogen) atoms. The van der Waals surface area contributed by atoms with Gasteiger partial charge < -0.3 is 0 Å². The molecule has 0 aromatic heterocycles. The first-order valence-electron chi connectivity index (χ1n) is 6.10. The zero-order valence-electron chi connectivity index (χ0n) is 10.9. The van der Waals surface area contributed by atoms with Crippen LogP contribution in [0.15, 0.2) is 29.4 Å². The lowest BCUT2D eigenvalue weighted by atomic mass is 9.92. The Labute approximate surface area is 112 Å². The third-order valence-corrected chi connectivity index (χ3v) is 3.56. The molecule has 0 spiro atoms. The van der Waals surface area contributed by atoms with Crippen LogP contribution in [0.2, 0.25) is 5.02 Å². The SMILES string of the molecule is CC1=NN(Cc2ccccc2Cl)C(=O)C1C(C)C. The summed E-state index contributed by atoms with van der Waals surface area (Å²) in [5.41, 5.74) is 1.82. The van der Waals surface area contributed by atoms with Crippen molar-refractivity contribution in [1.82, 2.24) is 5.01 Å². The summed E-state index contributed by atoms with van der Waals surface area (Å²) in [6.07, 6.45) is 0. The molecule has 1 heterocycles. The predicted molar refractivity (Wildman–Crippen MR) is 73.4 cm³/mol. The van der Waals surface area contributed by atoms with Gasteiger partial charge in [0.25, 0.3) is 5.91 Å². The molecule has 1 aromatic rings. The Morgan fingerprint density at radius 1 is 1.39 bits per heavy atom. The van der Waals surface area contributed by atoms with Crippen LogP contribution in [0.3, 0.4) is 0 Å². The number of halogens is 1. The second-order valence-electron chi connectivity index (χ2n) is 4.95. The first kappa shape index (κ1) is 13.1. The normalized spacial score (nSPS) is 19.6. The van der Waals surface area contributed by atoms with Gasteiger partial charge in [0.1, 0.15) is 0 Å². The molecule has 96 valence electrons. The van der Waals surface area contributed by atoms with Crippen molar-refractivity contribution in [2.75, 3.05) is 0 Å². The largest absolute Gasteiger partial charge is 0.272 e. The summed E-state index contributed by atoms with van der Waals surface area (Å²) in [6.45, 7) is 6.44. The average Bonchev–Trinajstić information content (AvgIpc) is 2.57. The number of rotatable bonds is 3. The van der Waals surface area contributed by atoms with E-state index in [1.165, 1.54) is 5.01 Å². The number of carbonyl (C=O) groups is 1. The van der Waals surface area contributed by atoms with Crippen LogP contribution in [-0.2, 0) is 11.3 Å². The monoisotopic (exact) mass is 264 g/mol. The maximum absolute atomic E-state index is 12.2. The van der Waals surface area contributed by atoms with Gasteiger partial charge in [-0.3, -0.25) is 4.79 Å². The van der Waals surface area contributed by atoms with Crippen LogP contribution in [0.1, 0.15) is 26.3 Å². The van der Waals surface area contributed by atoms with E-state index in [0.717, 1.165) is 11.3 Å². The fourth-order valence-electron chi connectivity index (χ4n) is 2.31. The Morgan fingerprint density at radius 3 is 2.61 bits per heavy atom. The highest BCUT2D eigenvalue weighted by molar-refractivity contribution is 6.31. The molecule has 0 saturated heterocycles. The van der Waals surface area contributed by atoms with Gasteiger partial charge in [-0.15, -0.1) is 0 Å². The van der Waals surface area contributed by atoms with Crippen LogP contribution in [0.25, 0.3) is 0 Å². The number of nitrogens with zero attached hydrogens (tertiary/aromatic N) is 2. The Bertz CT molecular complexity index is 496. The van der Waals surface area contributed by atoms with E-state index >= 15 is 0 Å². The lowest BCUT2D eigenvalue weighted by Crippen LogP contribution is -2.30. The molecule has 0 fully saturated rings. The zero-order valence-corrected chi connectivity index (χ0v) is 11.6. The molecule has 1 aliphatic rings. The number of benzene rings is 1. The molecular weight excluding hydrogens is 248 g/mol. The molecule has 0 aliphatic carbocycles. The average molecular weight is 265 g/mol. The maximum Gasteiger partial charge on any atom is 0.252 e. The van der Waals surface area contributed by atoms with Gasteiger partial charge in [-0.1, -0.05) is 43.6 Å². The van der Waals surface area contributed by atoms with Crippen LogP contribution in [0, 0.1) is 11.8 Å². The van der Waals surface area contributed by atoms with Crippen molar-refractivity contribution in [1.29, 1.82) is 0 Å². The summed E-state index contributed by atoms with van der Waals surface area (Å²) >= 11 is 6.10. The van der Waals surface area contributed by atoms with Crippen molar-refractivity contribution in [3.8, 4) is 0 Å². The number of hydrogen-bond donors (Lipinski definition) is 0. The van der Waals surface area contributed by atoms with Gasteiger partial charge in [0.05, 0.1) is 12.5 Å². The topological polar surface area (TPSA) is 32.7 Å². The van der Waals surface area contributed by atoms with E-state index in [9.17, 15) is 4.79 Å². The molecule has 2 rings (SSSR count). The van der Waals surface area contributed by atoms with Crippen molar-refractivity contribution < 1.29 is 4.79 Å². The molecule has 3 nitrogen and oxygen atoms in total. The van der Waals surface area contributed by atoms with E-state index in [2.05, 4.69) is 5.10 Å². The van der Waals surface area contributed by atoms with E-state index in [-0.39, 0.29) is 17.7 Å². The summed E-state index contributed by atoms with van der Waals surface area (Å²) < 4.78 is 0. The first-order chi connectivity index (χ1) is 8.50. The minimum Gasteiger partial charge on any atom is -0.272 e. The minimum atomic E-state index is -0.0903. The highest BCUT2D eigenvalue weighted by Crippen LogP contribution is 2.26. The van der Waals surface area contributed by atoms with Crippen LogP contribution in [-0.4, -0.2) is 16.6 Å². The van der Waals surface area contributed by atoms with Crippen molar-refractivity contribution in [3.05, 3.63) is 34.9 Å². The van der Waals surface area contributed by atoms with E-state index in [1.807, 2.05) is 45.0 Å². The van der Waals surface area contributed by atoms with Crippen molar-refractivity contribution in [2.24, 2.45) is 16.9 Å². The van der Waals surface area contributed by atoms with Gasteiger partial charge >= 0.3 is 0 Å². The molecule has 1 aromatic carbocycles. The van der Waals surface area contributed by atoms with Crippen molar-refractivity contribution >= 4 is 23.2 Å². The summed E-state index contributed by atoms with van der Waals surface area (Å²) in [7, 11) is 0. The highest BCUT2D eigenvalue weighted by atomic mass is 35.5. The third-order valence-electron chi connectivity index (χ3n) is 3.19. The lowest BCUT2D eigenvalue weighted by molar-refractivity contribution is -0.133. The summed E-state index contributed by atoms with van der Waals surface area (Å²) in [5.74, 6) is 0.257. The second kappa shape index (κ2) is 5.11. The quantitative estimate of drug-likeness (QED) is 0.824. The van der Waals surface area contributed by atoms with Gasteiger partial charge in [0.2, 0.25) is 0 Å². The van der Waals surface area contributed by atoms with E-state index < -0.39 is 0 Å². The van der Waals surface area contributed by atoms with E-state index in [1.54, 1.807) is 0 Å². The van der Waals surface area contributed by atoms with Gasteiger partial charge in [0, 0.05) is 10.7 Å². The molecule has 0 radical (unpaired) electrons. The minimum absolute atomic E-state index is 0.0717. The smallest absolute Gasteiger partial charge is 0.252 e. The Kier molecular flexibility index (Phi) is 3.71. The van der Waals surface area contributed by atoms with Crippen molar-refractivity contribution in [3.63, 3.8) is 0 Å².